The largest absolute Gasteiger partial charge is 0.327 e. The van der Waals surface area contributed by atoms with Crippen molar-refractivity contribution in [2.24, 2.45) is 11.7 Å². The van der Waals surface area contributed by atoms with Crippen molar-refractivity contribution < 1.29 is 0 Å². The molecule has 1 rings (SSSR count). The Hall–Kier alpha value is -0.0800. The van der Waals surface area contributed by atoms with Gasteiger partial charge in [-0.25, -0.2) is 0 Å². The third-order valence-corrected chi connectivity index (χ3v) is 3.32. The Morgan fingerprint density at radius 2 is 2.08 bits per heavy atom. The number of rotatable bonds is 4. The van der Waals surface area contributed by atoms with Crippen molar-refractivity contribution in [3.63, 3.8) is 0 Å². The van der Waals surface area contributed by atoms with Crippen LogP contribution in [-0.4, -0.2) is 30.1 Å². The lowest BCUT2D eigenvalue weighted by Gasteiger charge is -2.29. The molecule has 0 spiro atoms. The van der Waals surface area contributed by atoms with Crippen LogP contribution in [0.2, 0.25) is 0 Å². The summed E-state index contributed by atoms with van der Waals surface area (Å²) in [5.41, 5.74) is 6.06. The van der Waals surface area contributed by atoms with Crippen LogP contribution in [0.25, 0.3) is 0 Å². The molecule has 1 fully saturated rings. The third kappa shape index (κ3) is 2.96. The van der Waals surface area contributed by atoms with Gasteiger partial charge in [0, 0.05) is 18.6 Å². The molecule has 78 valence electrons. The van der Waals surface area contributed by atoms with Crippen molar-refractivity contribution in [1.82, 2.24) is 4.90 Å². The normalized spacial score (nSPS) is 29.1. The summed E-state index contributed by atoms with van der Waals surface area (Å²) in [6, 6.07) is 1.13. The predicted molar refractivity (Wildman–Crippen MR) is 57.7 cm³/mol. The average Bonchev–Trinajstić information content (AvgIpc) is 2.46. The first-order valence-electron chi connectivity index (χ1n) is 5.64. The van der Waals surface area contributed by atoms with E-state index in [1.165, 1.54) is 25.8 Å². The van der Waals surface area contributed by atoms with Crippen LogP contribution in [0, 0.1) is 5.92 Å². The Kier molecular flexibility index (Phi) is 4.20. The van der Waals surface area contributed by atoms with Gasteiger partial charge in [0.1, 0.15) is 0 Å². The molecule has 0 aromatic rings. The smallest absolute Gasteiger partial charge is 0.00793 e. The minimum Gasteiger partial charge on any atom is -0.327 e. The van der Waals surface area contributed by atoms with Gasteiger partial charge in [0.2, 0.25) is 0 Å². The summed E-state index contributed by atoms with van der Waals surface area (Å²) in [5.74, 6) is 0.752. The van der Waals surface area contributed by atoms with E-state index in [4.69, 9.17) is 5.73 Å². The highest BCUT2D eigenvalue weighted by atomic mass is 15.1. The molecule has 2 heteroatoms. The van der Waals surface area contributed by atoms with E-state index >= 15 is 0 Å². The monoisotopic (exact) mass is 184 g/mol. The molecule has 1 saturated carbocycles. The van der Waals surface area contributed by atoms with E-state index in [0.717, 1.165) is 12.5 Å². The molecule has 1 aliphatic carbocycles. The molecule has 13 heavy (non-hydrogen) atoms. The Bertz CT molecular complexity index is 145. The molecule has 1 aliphatic rings. The van der Waals surface area contributed by atoms with E-state index < -0.39 is 0 Å². The van der Waals surface area contributed by atoms with Gasteiger partial charge in [-0.15, -0.1) is 0 Å². The van der Waals surface area contributed by atoms with Crippen LogP contribution >= 0.6 is 0 Å². The van der Waals surface area contributed by atoms with Gasteiger partial charge in [-0.05, 0) is 39.2 Å². The zero-order valence-corrected chi connectivity index (χ0v) is 9.29. The first kappa shape index (κ1) is 11.0. The van der Waals surface area contributed by atoms with E-state index in [9.17, 15) is 0 Å². The summed E-state index contributed by atoms with van der Waals surface area (Å²) < 4.78 is 0. The van der Waals surface area contributed by atoms with Gasteiger partial charge < -0.3 is 10.6 Å². The highest BCUT2D eigenvalue weighted by Gasteiger charge is 2.25. The molecule has 2 atom stereocenters. The van der Waals surface area contributed by atoms with E-state index in [0.29, 0.717) is 12.1 Å². The molecule has 0 aliphatic heterocycles. The van der Waals surface area contributed by atoms with E-state index in [-0.39, 0.29) is 0 Å². The number of nitrogens with two attached hydrogens (primary N) is 1. The van der Waals surface area contributed by atoms with Crippen LogP contribution in [0.4, 0.5) is 0 Å². The van der Waals surface area contributed by atoms with E-state index in [1.54, 1.807) is 0 Å². The van der Waals surface area contributed by atoms with Crippen molar-refractivity contribution in [3.05, 3.63) is 0 Å². The summed E-state index contributed by atoms with van der Waals surface area (Å²) in [5, 5.41) is 0. The van der Waals surface area contributed by atoms with Gasteiger partial charge in [-0.3, -0.25) is 0 Å². The molecule has 2 unspecified atom stereocenters. The summed E-state index contributed by atoms with van der Waals surface area (Å²) in [6.07, 6.45) is 3.91. The maximum Gasteiger partial charge on any atom is 0.00793 e. The molecule has 0 saturated heterocycles. The molecule has 0 amide bonds. The summed E-state index contributed by atoms with van der Waals surface area (Å²) in [6.45, 7) is 9.13. The third-order valence-electron chi connectivity index (χ3n) is 3.32. The summed E-state index contributed by atoms with van der Waals surface area (Å²) in [4.78, 5) is 2.52. The molecule has 0 bridgehead atoms. The maximum atomic E-state index is 6.06. The minimum absolute atomic E-state index is 0.466. The molecule has 0 radical (unpaired) electrons. The van der Waals surface area contributed by atoms with Crippen molar-refractivity contribution >= 4 is 0 Å². The highest BCUT2D eigenvalue weighted by Crippen LogP contribution is 2.25. The lowest BCUT2D eigenvalue weighted by atomic mass is 10.0. The molecular formula is C11H24N2. The van der Waals surface area contributed by atoms with Gasteiger partial charge >= 0.3 is 0 Å². The fourth-order valence-corrected chi connectivity index (χ4v) is 2.30. The van der Waals surface area contributed by atoms with Crippen molar-refractivity contribution in [3.8, 4) is 0 Å². The summed E-state index contributed by atoms with van der Waals surface area (Å²) >= 11 is 0. The highest BCUT2D eigenvalue weighted by molar-refractivity contribution is 4.83. The predicted octanol–water partition coefficient (Wildman–Crippen LogP) is 1.84. The number of hydrogen-bond acceptors (Lipinski definition) is 2. The van der Waals surface area contributed by atoms with Gasteiger partial charge in [0.05, 0.1) is 0 Å². The van der Waals surface area contributed by atoms with Crippen LogP contribution in [0.5, 0.6) is 0 Å². The first-order valence-corrected chi connectivity index (χ1v) is 5.64. The van der Waals surface area contributed by atoms with Gasteiger partial charge in [0.25, 0.3) is 0 Å². The molecule has 2 nitrogen and oxygen atoms in total. The van der Waals surface area contributed by atoms with Crippen LogP contribution in [-0.2, 0) is 0 Å². The van der Waals surface area contributed by atoms with Crippen LogP contribution in [0.15, 0.2) is 0 Å². The summed E-state index contributed by atoms with van der Waals surface area (Å²) in [7, 11) is 0. The quantitative estimate of drug-likeness (QED) is 0.722. The van der Waals surface area contributed by atoms with Gasteiger partial charge in [-0.1, -0.05) is 13.3 Å². The molecule has 0 heterocycles. The Morgan fingerprint density at radius 1 is 1.38 bits per heavy atom. The van der Waals surface area contributed by atoms with Gasteiger partial charge in [-0.2, -0.15) is 0 Å². The second kappa shape index (κ2) is 4.97. The topological polar surface area (TPSA) is 29.3 Å². The molecule has 2 N–H and O–H groups in total. The van der Waals surface area contributed by atoms with Crippen LogP contribution in [0.3, 0.4) is 0 Å². The van der Waals surface area contributed by atoms with Crippen LogP contribution in [0.1, 0.15) is 40.0 Å². The first-order chi connectivity index (χ1) is 6.15. The van der Waals surface area contributed by atoms with Crippen molar-refractivity contribution in [2.75, 3.05) is 13.1 Å². The minimum atomic E-state index is 0.466. The van der Waals surface area contributed by atoms with Crippen LogP contribution < -0.4 is 5.73 Å². The maximum absolute atomic E-state index is 6.06. The average molecular weight is 184 g/mol. The van der Waals surface area contributed by atoms with Crippen molar-refractivity contribution in [2.45, 2.75) is 52.1 Å². The molecular weight excluding hydrogens is 160 g/mol. The Balaban J connectivity index is 2.36. The lowest BCUT2D eigenvalue weighted by molar-refractivity contribution is 0.191. The SMILES string of the molecule is CCN(CC1CCCC1N)C(C)C. The fraction of sp³-hybridized carbons (Fsp3) is 1.00. The zero-order chi connectivity index (χ0) is 9.84. The molecule has 0 aromatic carbocycles. The Morgan fingerprint density at radius 3 is 2.46 bits per heavy atom. The van der Waals surface area contributed by atoms with E-state index in [2.05, 4.69) is 25.7 Å². The Labute approximate surface area is 82.5 Å². The molecule has 0 aromatic heterocycles. The standard InChI is InChI=1S/C11H24N2/c1-4-13(9(2)3)8-10-6-5-7-11(10)12/h9-11H,4-8,12H2,1-3H3. The number of nitrogens with zero attached hydrogens (tertiary/aromatic N) is 1. The van der Waals surface area contributed by atoms with Crippen molar-refractivity contribution in [1.29, 1.82) is 0 Å². The van der Waals surface area contributed by atoms with E-state index in [1.807, 2.05) is 0 Å². The lowest BCUT2D eigenvalue weighted by Crippen LogP contribution is -2.39. The fourth-order valence-electron chi connectivity index (χ4n) is 2.30. The second-order valence-electron chi connectivity index (χ2n) is 4.54. The second-order valence-corrected chi connectivity index (χ2v) is 4.54. The zero-order valence-electron chi connectivity index (χ0n) is 9.29. The van der Waals surface area contributed by atoms with Gasteiger partial charge in [0.15, 0.2) is 0 Å². The number of hydrogen-bond donors (Lipinski definition) is 1.